The van der Waals surface area contributed by atoms with E-state index in [0.29, 0.717) is 5.82 Å². The monoisotopic (exact) mass is 325 g/mol. The number of anilines is 1. The highest BCUT2D eigenvalue weighted by molar-refractivity contribution is 14.1. The van der Waals surface area contributed by atoms with Crippen LogP contribution in [0.15, 0.2) is 12.1 Å². The van der Waals surface area contributed by atoms with Gasteiger partial charge in [0.1, 0.15) is 15.7 Å². The van der Waals surface area contributed by atoms with E-state index in [9.17, 15) is 9.50 Å². The number of alkyl halides is 1. The third-order valence-electron chi connectivity index (χ3n) is 1.86. The first-order valence-electron chi connectivity index (χ1n) is 4.49. The minimum absolute atomic E-state index is 0.0127. The standard InChI is InChI=1S/C9H13FIN3O/c1-9(2,15)6(10)5-12-8-4-3-7(11)13-14-8/h3-4,6,15H,5H2,1-2H3,(H,12,14)/t6-/m1/s1. The quantitative estimate of drug-likeness (QED) is 0.826. The van der Waals surface area contributed by atoms with Gasteiger partial charge in [-0.3, -0.25) is 0 Å². The van der Waals surface area contributed by atoms with Crippen molar-refractivity contribution in [3.63, 3.8) is 0 Å². The molecule has 84 valence electrons. The fourth-order valence-electron chi connectivity index (χ4n) is 0.854. The maximum absolute atomic E-state index is 13.3. The van der Waals surface area contributed by atoms with Crippen LogP contribution in [0, 0.1) is 3.70 Å². The summed E-state index contributed by atoms with van der Waals surface area (Å²) < 4.78 is 14.1. The van der Waals surface area contributed by atoms with Gasteiger partial charge in [-0.25, -0.2) is 4.39 Å². The number of aliphatic hydroxyl groups is 1. The molecular weight excluding hydrogens is 312 g/mol. The summed E-state index contributed by atoms with van der Waals surface area (Å²) in [5.74, 6) is 0.502. The topological polar surface area (TPSA) is 58.0 Å². The molecule has 15 heavy (non-hydrogen) atoms. The first-order valence-corrected chi connectivity index (χ1v) is 5.57. The lowest BCUT2D eigenvalue weighted by molar-refractivity contribution is 0.00320. The van der Waals surface area contributed by atoms with Crippen LogP contribution >= 0.6 is 22.6 Å². The maximum atomic E-state index is 13.3. The summed E-state index contributed by atoms with van der Waals surface area (Å²) in [6, 6.07) is 3.49. The second-order valence-corrected chi connectivity index (χ2v) is 4.85. The molecule has 4 nitrogen and oxygen atoms in total. The van der Waals surface area contributed by atoms with Crippen LogP contribution in [0.3, 0.4) is 0 Å². The third kappa shape index (κ3) is 4.25. The maximum Gasteiger partial charge on any atom is 0.148 e. The van der Waals surface area contributed by atoms with Crippen molar-refractivity contribution in [3.8, 4) is 0 Å². The Labute approximate surface area is 101 Å². The lowest BCUT2D eigenvalue weighted by atomic mass is 10.0. The van der Waals surface area contributed by atoms with Gasteiger partial charge < -0.3 is 10.4 Å². The number of hydrogen-bond acceptors (Lipinski definition) is 4. The van der Waals surface area contributed by atoms with Gasteiger partial charge in [0.15, 0.2) is 0 Å². The van der Waals surface area contributed by atoms with Crippen LogP contribution in [0.4, 0.5) is 10.2 Å². The Bertz CT molecular complexity index is 312. The average Bonchev–Trinajstić information content (AvgIpc) is 2.15. The van der Waals surface area contributed by atoms with E-state index in [1.54, 1.807) is 12.1 Å². The molecule has 0 fully saturated rings. The van der Waals surface area contributed by atoms with Gasteiger partial charge in [-0.05, 0) is 48.6 Å². The van der Waals surface area contributed by atoms with Crippen LogP contribution in [0.2, 0.25) is 0 Å². The Hall–Kier alpha value is -0.500. The van der Waals surface area contributed by atoms with Crippen molar-refractivity contribution in [1.29, 1.82) is 0 Å². The van der Waals surface area contributed by atoms with Gasteiger partial charge in [0.2, 0.25) is 0 Å². The van der Waals surface area contributed by atoms with Gasteiger partial charge in [0.25, 0.3) is 0 Å². The Morgan fingerprint density at radius 2 is 2.20 bits per heavy atom. The fraction of sp³-hybridized carbons (Fsp3) is 0.556. The number of nitrogens with one attached hydrogen (secondary N) is 1. The lowest BCUT2D eigenvalue weighted by Crippen LogP contribution is -2.37. The molecule has 0 radical (unpaired) electrons. The van der Waals surface area contributed by atoms with E-state index in [0.717, 1.165) is 3.70 Å². The van der Waals surface area contributed by atoms with Crippen LogP contribution in [0.1, 0.15) is 13.8 Å². The summed E-state index contributed by atoms with van der Waals surface area (Å²) in [4.78, 5) is 0. The minimum Gasteiger partial charge on any atom is -0.387 e. The second kappa shape index (κ2) is 5.02. The molecule has 0 aliphatic rings. The van der Waals surface area contributed by atoms with Gasteiger partial charge >= 0.3 is 0 Å². The molecule has 1 aromatic heterocycles. The molecule has 1 atom stereocenters. The molecular formula is C9H13FIN3O. The zero-order valence-corrected chi connectivity index (χ0v) is 10.7. The highest BCUT2D eigenvalue weighted by atomic mass is 127. The summed E-state index contributed by atoms with van der Waals surface area (Å²) in [6.07, 6.45) is -1.35. The van der Waals surface area contributed by atoms with Gasteiger partial charge in [-0.15, -0.1) is 10.2 Å². The van der Waals surface area contributed by atoms with Gasteiger partial charge in [-0.2, -0.15) is 0 Å². The highest BCUT2D eigenvalue weighted by Crippen LogP contribution is 2.13. The Morgan fingerprint density at radius 1 is 1.53 bits per heavy atom. The van der Waals surface area contributed by atoms with E-state index >= 15 is 0 Å². The van der Waals surface area contributed by atoms with Gasteiger partial charge in [-0.1, -0.05) is 0 Å². The normalized spacial score (nSPS) is 13.7. The smallest absolute Gasteiger partial charge is 0.148 e. The first-order chi connectivity index (χ1) is 6.89. The number of aromatic nitrogens is 2. The molecule has 0 saturated carbocycles. The molecule has 0 saturated heterocycles. The second-order valence-electron chi connectivity index (χ2n) is 3.74. The van der Waals surface area contributed by atoms with Crippen molar-refractivity contribution in [2.45, 2.75) is 25.6 Å². The molecule has 6 heteroatoms. The molecule has 0 spiro atoms. The molecule has 2 N–H and O–H groups in total. The molecule has 0 aromatic carbocycles. The fourth-order valence-corrected chi connectivity index (χ4v) is 1.14. The molecule has 0 unspecified atom stereocenters. The van der Waals surface area contributed by atoms with Crippen molar-refractivity contribution in [1.82, 2.24) is 10.2 Å². The minimum atomic E-state index is -1.35. The number of hydrogen-bond donors (Lipinski definition) is 2. The van der Waals surface area contributed by atoms with Crippen LogP contribution < -0.4 is 5.32 Å². The largest absolute Gasteiger partial charge is 0.387 e. The summed E-state index contributed by atoms with van der Waals surface area (Å²) >= 11 is 2.04. The van der Waals surface area contributed by atoms with E-state index in [2.05, 4.69) is 15.5 Å². The van der Waals surface area contributed by atoms with Crippen molar-refractivity contribution in [3.05, 3.63) is 15.8 Å². The van der Waals surface area contributed by atoms with E-state index in [4.69, 9.17) is 0 Å². The third-order valence-corrected chi connectivity index (χ3v) is 2.44. The predicted octanol–water partition coefficient (Wildman–Crippen LogP) is 1.60. The van der Waals surface area contributed by atoms with Crippen LogP contribution in [0.25, 0.3) is 0 Å². The molecule has 0 aliphatic heterocycles. The summed E-state index contributed by atoms with van der Waals surface area (Å²) in [5, 5.41) is 19.7. The number of rotatable bonds is 4. The van der Waals surface area contributed by atoms with Crippen molar-refractivity contribution >= 4 is 28.4 Å². The van der Waals surface area contributed by atoms with E-state index < -0.39 is 11.8 Å². The number of halogens is 2. The highest BCUT2D eigenvalue weighted by Gasteiger charge is 2.26. The van der Waals surface area contributed by atoms with Crippen LogP contribution in [-0.2, 0) is 0 Å². The summed E-state index contributed by atoms with van der Waals surface area (Å²) in [6.45, 7) is 2.87. The predicted molar refractivity (Wildman–Crippen MR) is 64.4 cm³/mol. The first kappa shape index (κ1) is 12.6. The molecule has 1 rings (SSSR count). The van der Waals surface area contributed by atoms with Crippen molar-refractivity contribution in [2.24, 2.45) is 0 Å². The van der Waals surface area contributed by atoms with Crippen molar-refractivity contribution < 1.29 is 9.50 Å². The summed E-state index contributed by atoms with van der Waals surface area (Å²) in [7, 11) is 0. The van der Waals surface area contributed by atoms with Crippen molar-refractivity contribution in [2.75, 3.05) is 11.9 Å². The SMILES string of the molecule is CC(C)(O)[C@H](F)CNc1ccc(I)nn1. The van der Waals surface area contributed by atoms with E-state index in [1.807, 2.05) is 22.6 Å². The molecule has 0 bridgehead atoms. The van der Waals surface area contributed by atoms with Gasteiger partial charge in [0, 0.05) is 0 Å². The molecule has 1 heterocycles. The van der Waals surface area contributed by atoms with E-state index in [-0.39, 0.29) is 6.54 Å². The average molecular weight is 325 g/mol. The lowest BCUT2D eigenvalue weighted by Gasteiger charge is -2.22. The summed E-state index contributed by atoms with van der Waals surface area (Å²) in [5.41, 5.74) is -1.34. The van der Waals surface area contributed by atoms with Gasteiger partial charge in [0.05, 0.1) is 12.1 Å². The molecule has 0 amide bonds. The Balaban J connectivity index is 2.47. The molecule has 0 aliphatic carbocycles. The Kier molecular flexibility index (Phi) is 4.21. The zero-order chi connectivity index (χ0) is 11.5. The zero-order valence-electron chi connectivity index (χ0n) is 8.54. The number of nitrogens with zero attached hydrogens (tertiary/aromatic N) is 2. The van der Waals surface area contributed by atoms with E-state index in [1.165, 1.54) is 13.8 Å². The van der Waals surface area contributed by atoms with Crippen LogP contribution in [0.5, 0.6) is 0 Å². The molecule has 1 aromatic rings. The van der Waals surface area contributed by atoms with Crippen LogP contribution in [-0.4, -0.2) is 33.6 Å². The Morgan fingerprint density at radius 3 is 2.67 bits per heavy atom.